The highest BCUT2D eigenvalue weighted by Gasteiger charge is 2.19. The summed E-state index contributed by atoms with van der Waals surface area (Å²) in [5, 5.41) is 9.00. The smallest absolute Gasteiger partial charge is 0.335 e. The molecule has 0 fully saturated rings. The second kappa shape index (κ2) is 8.39. The molecule has 1 aromatic rings. The molecule has 0 unspecified atom stereocenters. The number of hydrogen-bond donors (Lipinski definition) is 1. The summed E-state index contributed by atoms with van der Waals surface area (Å²) in [6.45, 7) is 2.13. The van der Waals surface area contributed by atoms with Gasteiger partial charge in [-0.2, -0.15) is 0 Å². The highest BCUT2D eigenvalue weighted by Crippen LogP contribution is 2.24. The Morgan fingerprint density at radius 1 is 1.14 bits per heavy atom. The molecule has 0 aliphatic heterocycles. The van der Waals surface area contributed by atoms with E-state index in [-0.39, 0.29) is 21.2 Å². The third-order valence-corrected chi connectivity index (χ3v) is 5.56. The third-order valence-electron chi connectivity index (χ3n) is 3.28. The van der Waals surface area contributed by atoms with Gasteiger partial charge < -0.3 is 5.11 Å². The number of sulfone groups is 1. The molecule has 0 bridgehead atoms. The number of aromatic carboxylic acids is 1. The van der Waals surface area contributed by atoms with Crippen molar-refractivity contribution in [1.29, 1.82) is 0 Å². The van der Waals surface area contributed by atoms with Gasteiger partial charge in [-0.15, -0.1) is 0 Å². The molecular formula is C15H21ClO4S. The summed E-state index contributed by atoms with van der Waals surface area (Å²) >= 11 is 5.89. The number of unbranched alkanes of at least 4 members (excludes halogenated alkanes) is 5. The minimum absolute atomic E-state index is 0.00190. The van der Waals surface area contributed by atoms with Crippen LogP contribution in [0.1, 0.15) is 55.8 Å². The first-order chi connectivity index (χ1) is 9.88. The van der Waals surface area contributed by atoms with Crippen LogP contribution in [0, 0.1) is 0 Å². The lowest BCUT2D eigenvalue weighted by Crippen LogP contribution is -2.09. The van der Waals surface area contributed by atoms with Gasteiger partial charge in [-0.3, -0.25) is 0 Å². The van der Waals surface area contributed by atoms with Crippen molar-refractivity contribution in [3.63, 3.8) is 0 Å². The molecular weight excluding hydrogens is 312 g/mol. The first-order valence-corrected chi connectivity index (χ1v) is 9.17. The van der Waals surface area contributed by atoms with Gasteiger partial charge >= 0.3 is 5.97 Å². The molecule has 1 aromatic carbocycles. The van der Waals surface area contributed by atoms with E-state index in [2.05, 4.69) is 6.92 Å². The van der Waals surface area contributed by atoms with E-state index < -0.39 is 15.8 Å². The molecule has 0 amide bonds. The lowest BCUT2D eigenvalue weighted by Gasteiger charge is -2.07. The molecule has 0 aliphatic carbocycles. The van der Waals surface area contributed by atoms with Crippen molar-refractivity contribution in [3.8, 4) is 0 Å². The Kier molecular flexibility index (Phi) is 7.18. The van der Waals surface area contributed by atoms with Gasteiger partial charge in [0, 0.05) is 0 Å². The largest absolute Gasteiger partial charge is 0.478 e. The molecule has 0 atom stereocenters. The molecule has 0 aromatic heterocycles. The van der Waals surface area contributed by atoms with Crippen molar-refractivity contribution < 1.29 is 18.3 Å². The Balaban J connectivity index is 2.70. The number of rotatable bonds is 9. The normalized spacial score (nSPS) is 11.5. The Labute approximate surface area is 131 Å². The van der Waals surface area contributed by atoms with Gasteiger partial charge in [0.2, 0.25) is 0 Å². The number of carbonyl (C=O) groups is 1. The molecule has 0 saturated carbocycles. The summed E-state index contributed by atoms with van der Waals surface area (Å²) < 4.78 is 24.5. The van der Waals surface area contributed by atoms with Gasteiger partial charge in [-0.25, -0.2) is 13.2 Å². The van der Waals surface area contributed by atoms with Gasteiger partial charge in [-0.1, -0.05) is 50.6 Å². The average Bonchev–Trinajstić information content (AvgIpc) is 2.42. The Morgan fingerprint density at radius 3 is 2.38 bits per heavy atom. The zero-order valence-corrected chi connectivity index (χ0v) is 13.7. The van der Waals surface area contributed by atoms with Crippen LogP contribution in [0.2, 0.25) is 5.02 Å². The van der Waals surface area contributed by atoms with E-state index >= 15 is 0 Å². The quantitative estimate of drug-likeness (QED) is 0.689. The fourth-order valence-electron chi connectivity index (χ4n) is 2.06. The van der Waals surface area contributed by atoms with Gasteiger partial charge in [0.25, 0.3) is 0 Å². The van der Waals surface area contributed by atoms with E-state index in [0.29, 0.717) is 6.42 Å². The Hall–Kier alpha value is -1.07. The monoisotopic (exact) mass is 332 g/mol. The van der Waals surface area contributed by atoms with Crippen LogP contribution >= 0.6 is 11.6 Å². The fraction of sp³-hybridized carbons (Fsp3) is 0.533. The van der Waals surface area contributed by atoms with Crippen LogP contribution < -0.4 is 0 Å². The highest BCUT2D eigenvalue weighted by molar-refractivity contribution is 7.91. The first kappa shape index (κ1) is 18.0. The standard InChI is InChI=1S/C15H21ClO4S/c1-2-3-4-5-6-7-10-21(19,20)14-11-12(15(17)18)8-9-13(14)16/h8-9,11H,2-7,10H2,1H3,(H,17,18). The van der Waals surface area contributed by atoms with Crippen LogP contribution in [-0.4, -0.2) is 25.2 Å². The Bertz CT molecular complexity index is 581. The maximum atomic E-state index is 12.2. The number of carboxylic acids is 1. The molecule has 6 heteroatoms. The number of hydrogen-bond acceptors (Lipinski definition) is 3. The molecule has 0 aliphatic rings. The molecule has 1 N–H and O–H groups in total. The summed E-state index contributed by atoms with van der Waals surface area (Å²) in [5.74, 6) is -1.16. The molecule has 0 heterocycles. The topological polar surface area (TPSA) is 71.4 Å². The van der Waals surface area contributed by atoms with Crippen molar-refractivity contribution in [2.45, 2.75) is 50.3 Å². The van der Waals surface area contributed by atoms with E-state index in [1.807, 2.05) is 0 Å². The molecule has 118 valence electrons. The van der Waals surface area contributed by atoms with Crippen LogP contribution in [0.15, 0.2) is 23.1 Å². The fourth-order valence-corrected chi connectivity index (χ4v) is 4.00. The van der Waals surface area contributed by atoms with Crippen molar-refractivity contribution in [3.05, 3.63) is 28.8 Å². The Morgan fingerprint density at radius 2 is 1.76 bits per heavy atom. The van der Waals surface area contributed by atoms with E-state index in [4.69, 9.17) is 16.7 Å². The molecule has 4 nitrogen and oxygen atoms in total. The van der Waals surface area contributed by atoms with Crippen molar-refractivity contribution in [2.75, 3.05) is 5.75 Å². The molecule has 21 heavy (non-hydrogen) atoms. The zero-order chi connectivity index (χ0) is 15.9. The van der Waals surface area contributed by atoms with Crippen LogP contribution in [0.25, 0.3) is 0 Å². The van der Waals surface area contributed by atoms with Crippen LogP contribution in [0.4, 0.5) is 0 Å². The maximum absolute atomic E-state index is 12.2. The van der Waals surface area contributed by atoms with Gasteiger partial charge in [-0.05, 0) is 24.6 Å². The number of halogens is 1. The minimum Gasteiger partial charge on any atom is -0.478 e. The van der Waals surface area contributed by atoms with Crippen LogP contribution in [0.5, 0.6) is 0 Å². The maximum Gasteiger partial charge on any atom is 0.335 e. The second-order valence-corrected chi connectivity index (χ2v) is 7.52. The van der Waals surface area contributed by atoms with Crippen LogP contribution in [0.3, 0.4) is 0 Å². The number of carboxylic acid groups (broad SMARTS) is 1. The SMILES string of the molecule is CCCCCCCCS(=O)(=O)c1cc(C(=O)O)ccc1Cl. The predicted molar refractivity (Wildman–Crippen MR) is 83.8 cm³/mol. The molecule has 1 rings (SSSR count). The van der Waals surface area contributed by atoms with Crippen molar-refractivity contribution in [2.24, 2.45) is 0 Å². The minimum atomic E-state index is -3.53. The lowest BCUT2D eigenvalue weighted by molar-refractivity contribution is 0.0696. The summed E-state index contributed by atoms with van der Waals surface area (Å²) in [4.78, 5) is 10.8. The van der Waals surface area contributed by atoms with E-state index in [1.165, 1.54) is 18.6 Å². The summed E-state index contributed by atoms with van der Waals surface area (Å²) in [6, 6.07) is 3.75. The summed E-state index contributed by atoms with van der Waals surface area (Å²) in [6.07, 6.45) is 5.88. The van der Waals surface area contributed by atoms with Crippen LogP contribution in [-0.2, 0) is 9.84 Å². The van der Waals surface area contributed by atoms with Gasteiger partial charge in [0.05, 0.1) is 21.2 Å². The first-order valence-electron chi connectivity index (χ1n) is 7.14. The predicted octanol–water partition coefficient (Wildman–Crippen LogP) is 4.17. The van der Waals surface area contributed by atoms with Crippen molar-refractivity contribution >= 4 is 27.4 Å². The highest BCUT2D eigenvalue weighted by atomic mass is 35.5. The number of benzene rings is 1. The van der Waals surface area contributed by atoms with Crippen molar-refractivity contribution in [1.82, 2.24) is 0 Å². The zero-order valence-electron chi connectivity index (χ0n) is 12.1. The van der Waals surface area contributed by atoms with E-state index in [9.17, 15) is 13.2 Å². The van der Waals surface area contributed by atoms with E-state index in [1.54, 1.807) is 0 Å². The average molecular weight is 333 g/mol. The van der Waals surface area contributed by atoms with Gasteiger partial charge in [0.15, 0.2) is 9.84 Å². The molecule has 0 saturated heterocycles. The summed E-state index contributed by atoms with van der Waals surface area (Å²) in [7, 11) is -3.53. The van der Waals surface area contributed by atoms with Gasteiger partial charge in [0.1, 0.15) is 0 Å². The second-order valence-electron chi connectivity index (χ2n) is 5.04. The van der Waals surface area contributed by atoms with E-state index in [0.717, 1.165) is 31.7 Å². The summed E-state index contributed by atoms with van der Waals surface area (Å²) in [5.41, 5.74) is -0.0686. The third kappa shape index (κ3) is 5.67. The molecule has 0 spiro atoms. The molecule has 0 radical (unpaired) electrons. The lowest BCUT2D eigenvalue weighted by atomic mass is 10.1.